The Hall–Kier alpha value is -2.62. The van der Waals surface area contributed by atoms with Crippen LogP contribution in [0.5, 0.6) is 0 Å². The highest BCUT2D eigenvalue weighted by atomic mass is 32.1. The molecule has 3 N–H and O–H groups in total. The quantitative estimate of drug-likeness (QED) is 0.314. The molecule has 0 atom stereocenters. The van der Waals surface area contributed by atoms with Gasteiger partial charge in [0, 0.05) is 0 Å². The van der Waals surface area contributed by atoms with Crippen LogP contribution in [0.2, 0.25) is 0 Å². The number of aryl methyl sites for hydroxylation is 1. The number of nitrogens with two attached hydrogens (primary N) is 1. The molecule has 10 heteroatoms. The standard InChI is InChI=1S/C18H15F6N3S/c19-17(20,21)13-8-12(9-14(10-13)18(22,23)24)15(26-27-16(25)28)7-6-11-4-2-1-3-5-11/h1-5,8-10H,6-7H2,(H3,25,27,28)/b26-15-. The Balaban J connectivity index is 2.48. The van der Waals surface area contributed by atoms with Gasteiger partial charge in [-0.15, -0.1) is 0 Å². The van der Waals surface area contributed by atoms with E-state index in [2.05, 4.69) is 22.7 Å². The number of hydrogen-bond donors (Lipinski definition) is 2. The van der Waals surface area contributed by atoms with Gasteiger partial charge in [-0.3, -0.25) is 5.43 Å². The summed E-state index contributed by atoms with van der Waals surface area (Å²) >= 11 is 4.61. The lowest BCUT2D eigenvalue weighted by molar-refractivity contribution is -0.143. The Kier molecular flexibility index (Phi) is 6.65. The molecule has 0 saturated heterocycles. The summed E-state index contributed by atoms with van der Waals surface area (Å²) in [5.41, 5.74) is 5.17. The largest absolute Gasteiger partial charge is 0.416 e. The molecule has 2 aromatic carbocycles. The van der Waals surface area contributed by atoms with Gasteiger partial charge in [-0.1, -0.05) is 30.3 Å². The van der Waals surface area contributed by atoms with Crippen molar-refractivity contribution in [2.45, 2.75) is 25.2 Å². The molecule has 3 nitrogen and oxygen atoms in total. The van der Waals surface area contributed by atoms with E-state index in [-0.39, 0.29) is 28.9 Å². The van der Waals surface area contributed by atoms with Gasteiger partial charge in [0.15, 0.2) is 5.11 Å². The van der Waals surface area contributed by atoms with Gasteiger partial charge in [0.25, 0.3) is 0 Å². The van der Waals surface area contributed by atoms with Gasteiger partial charge < -0.3 is 5.73 Å². The van der Waals surface area contributed by atoms with Crippen LogP contribution >= 0.6 is 12.2 Å². The topological polar surface area (TPSA) is 50.4 Å². The zero-order chi connectivity index (χ0) is 20.9. The smallest absolute Gasteiger partial charge is 0.375 e. The lowest BCUT2D eigenvalue weighted by Gasteiger charge is -2.15. The molecule has 2 aromatic rings. The molecular weight excluding hydrogens is 404 g/mol. The lowest BCUT2D eigenvalue weighted by Crippen LogP contribution is -2.26. The SMILES string of the molecule is NC(=S)N/N=C(/CCc1ccccc1)c1cc(C(F)(F)F)cc(C(F)(F)F)c1. The van der Waals surface area contributed by atoms with E-state index in [1.54, 1.807) is 30.3 Å². The number of nitrogens with one attached hydrogen (secondary N) is 1. The number of alkyl halides is 6. The second-order valence-corrected chi connectivity index (χ2v) is 6.25. The van der Waals surface area contributed by atoms with Crippen molar-refractivity contribution in [3.05, 3.63) is 70.8 Å². The predicted molar refractivity (Wildman–Crippen MR) is 97.7 cm³/mol. The van der Waals surface area contributed by atoms with E-state index >= 15 is 0 Å². The van der Waals surface area contributed by atoms with E-state index in [9.17, 15) is 26.3 Å². The van der Waals surface area contributed by atoms with Crippen LogP contribution in [-0.4, -0.2) is 10.8 Å². The Bertz CT molecular complexity index is 828. The maximum atomic E-state index is 13.1. The van der Waals surface area contributed by atoms with Gasteiger partial charge in [-0.25, -0.2) is 0 Å². The van der Waals surface area contributed by atoms with Gasteiger partial charge in [-0.05, 0) is 54.4 Å². The Labute approximate surface area is 162 Å². The third-order valence-corrected chi connectivity index (χ3v) is 3.81. The Morgan fingerprint density at radius 1 is 0.929 bits per heavy atom. The molecule has 0 unspecified atom stereocenters. The fourth-order valence-corrected chi connectivity index (χ4v) is 2.46. The Morgan fingerprint density at radius 2 is 1.46 bits per heavy atom. The summed E-state index contributed by atoms with van der Waals surface area (Å²) in [5.74, 6) is 0. The maximum absolute atomic E-state index is 13.1. The molecule has 0 heterocycles. The monoisotopic (exact) mass is 419 g/mol. The van der Waals surface area contributed by atoms with Crippen LogP contribution in [0.4, 0.5) is 26.3 Å². The minimum atomic E-state index is -4.95. The van der Waals surface area contributed by atoms with Gasteiger partial charge in [-0.2, -0.15) is 31.4 Å². The number of rotatable bonds is 5. The number of hydrogen-bond acceptors (Lipinski definition) is 2. The fraction of sp³-hybridized carbons (Fsp3) is 0.222. The van der Waals surface area contributed by atoms with E-state index in [1.807, 2.05) is 0 Å². The van der Waals surface area contributed by atoms with E-state index in [4.69, 9.17) is 5.73 Å². The van der Waals surface area contributed by atoms with Crippen LogP contribution < -0.4 is 11.2 Å². The molecular formula is C18H15F6N3S. The molecule has 0 aliphatic carbocycles. The van der Waals surface area contributed by atoms with Gasteiger partial charge in [0.2, 0.25) is 0 Å². The van der Waals surface area contributed by atoms with Crippen LogP contribution in [0.3, 0.4) is 0 Å². The Morgan fingerprint density at radius 3 is 1.93 bits per heavy atom. The second-order valence-electron chi connectivity index (χ2n) is 5.81. The molecule has 0 aliphatic rings. The van der Waals surface area contributed by atoms with Crippen molar-refractivity contribution in [3.8, 4) is 0 Å². The highest BCUT2D eigenvalue weighted by molar-refractivity contribution is 7.80. The number of hydrazone groups is 1. The van der Waals surface area contributed by atoms with E-state index in [1.165, 1.54) is 0 Å². The molecule has 150 valence electrons. The molecule has 28 heavy (non-hydrogen) atoms. The molecule has 0 spiro atoms. The summed E-state index contributed by atoms with van der Waals surface area (Å²) in [7, 11) is 0. The van der Waals surface area contributed by atoms with Crippen molar-refractivity contribution in [1.82, 2.24) is 5.43 Å². The predicted octanol–water partition coefficient (Wildman–Crippen LogP) is 4.89. The van der Waals surface area contributed by atoms with Crippen molar-refractivity contribution in [2.24, 2.45) is 10.8 Å². The normalized spacial score (nSPS) is 12.7. The number of halogens is 6. The average molecular weight is 419 g/mol. The fourth-order valence-electron chi connectivity index (χ4n) is 2.42. The van der Waals surface area contributed by atoms with Gasteiger partial charge in [0.05, 0.1) is 16.8 Å². The van der Waals surface area contributed by atoms with Crippen LogP contribution in [0.15, 0.2) is 53.6 Å². The van der Waals surface area contributed by atoms with Crippen molar-refractivity contribution in [1.29, 1.82) is 0 Å². The molecule has 0 saturated carbocycles. The lowest BCUT2D eigenvalue weighted by atomic mass is 9.97. The van der Waals surface area contributed by atoms with Gasteiger partial charge >= 0.3 is 12.4 Å². The van der Waals surface area contributed by atoms with Crippen LogP contribution in [0.1, 0.15) is 28.7 Å². The average Bonchev–Trinajstić information content (AvgIpc) is 2.60. The van der Waals surface area contributed by atoms with E-state index in [0.29, 0.717) is 18.6 Å². The van der Waals surface area contributed by atoms with Crippen molar-refractivity contribution >= 4 is 23.0 Å². The zero-order valence-corrected chi connectivity index (χ0v) is 15.1. The summed E-state index contributed by atoms with van der Waals surface area (Å²) in [5, 5.41) is 3.56. The molecule has 2 rings (SSSR count). The molecule has 0 amide bonds. The minimum Gasteiger partial charge on any atom is -0.375 e. The molecule has 0 aliphatic heterocycles. The minimum absolute atomic E-state index is 0.0340. The summed E-state index contributed by atoms with van der Waals surface area (Å²) in [6.45, 7) is 0. The molecule has 0 radical (unpaired) electrons. The van der Waals surface area contributed by atoms with Crippen molar-refractivity contribution < 1.29 is 26.3 Å². The second kappa shape index (κ2) is 8.59. The van der Waals surface area contributed by atoms with Crippen molar-refractivity contribution in [3.63, 3.8) is 0 Å². The highest BCUT2D eigenvalue weighted by Gasteiger charge is 2.37. The number of thiocarbonyl (C=S) groups is 1. The maximum Gasteiger partial charge on any atom is 0.416 e. The first-order chi connectivity index (χ1) is 13.0. The molecule has 0 aromatic heterocycles. The molecule has 0 fully saturated rings. The number of nitrogens with zero attached hydrogens (tertiary/aromatic N) is 1. The van der Waals surface area contributed by atoms with Crippen molar-refractivity contribution in [2.75, 3.05) is 0 Å². The van der Waals surface area contributed by atoms with Crippen LogP contribution in [0, 0.1) is 0 Å². The summed E-state index contributed by atoms with van der Waals surface area (Å²) < 4.78 is 78.6. The third kappa shape index (κ3) is 6.22. The van der Waals surface area contributed by atoms with Crippen LogP contribution in [-0.2, 0) is 18.8 Å². The first-order valence-corrected chi connectivity index (χ1v) is 8.33. The zero-order valence-electron chi connectivity index (χ0n) is 14.2. The first kappa shape index (κ1) is 21.7. The highest BCUT2D eigenvalue weighted by Crippen LogP contribution is 2.36. The number of benzene rings is 2. The van der Waals surface area contributed by atoms with Crippen LogP contribution in [0.25, 0.3) is 0 Å². The first-order valence-electron chi connectivity index (χ1n) is 7.92. The van der Waals surface area contributed by atoms with Gasteiger partial charge in [0.1, 0.15) is 0 Å². The van der Waals surface area contributed by atoms with E-state index in [0.717, 1.165) is 5.56 Å². The summed E-state index contributed by atoms with van der Waals surface area (Å²) in [6, 6.07) is 10.2. The van der Waals surface area contributed by atoms with E-state index < -0.39 is 23.5 Å². The summed E-state index contributed by atoms with van der Waals surface area (Å²) in [4.78, 5) is 0. The summed E-state index contributed by atoms with van der Waals surface area (Å²) in [6.07, 6.45) is -9.48. The third-order valence-electron chi connectivity index (χ3n) is 3.72. The molecule has 0 bridgehead atoms.